The van der Waals surface area contributed by atoms with Crippen LogP contribution in [0.3, 0.4) is 0 Å². The van der Waals surface area contributed by atoms with Crippen molar-refractivity contribution in [3.63, 3.8) is 0 Å². The molecule has 0 spiro atoms. The molecule has 2 heteroatoms. The van der Waals surface area contributed by atoms with Crippen LogP contribution in [-0.4, -0.2) is 12.5 Å². The van der Waals surface area contributed by atoms with Crippen LogP contribution in [-0.2, 0) is 4.79 Å². The summed E-state index contributed by atoms with van der Waals surface area (Å²) in [4.78, 5) is 11.7. The van der Waals surface area contributed by atoms with Crippen LogP contribution in [0.1, 0.15) is 123 Å². The molecule has 0 atom stereocenters. The lowest BCUT2D eigenvalue weighted by atomic mass is 10.1. The number of unbranched alkanes of at least 4 members (excludes halogenated alkanes) is 14. The average Bonchev–Trinajstić information content (AvgIpc) is 2.56. The molecule has 0 saturated heterocycles. The Balaban J connectivity index is 3.11. The molecular weight excluding hydrogens is 282 g/mol. The molecule has 0 aliphatic rings. The first-order valence-electron chi connectivity index (χ1n) is 10.6. The van der Waals surface area contributed by atoms with Gasteiger partial charge in [-0.25, -0.2) is 0 Å². The smallest absolute Gasteiger partial charge is 0.219 e. The Morgan fingerprint density at radius 2 is 0.957 bits per heavy atom. The van der Waals surface area contributed by atoms with E-state index in [1.54, 1.807) is 0 Å². The van der Waals surface area contributed by atoms with Crippen molar-refractivity contribution in [1.82, 2.24) is 5.32 Å². The van der Waals surface area contributed by atoms with E-state index in [4.69, 9.17) is 0 Å². The molecule has 0 aromatic heterocycles. The van der Waals surface area contributed by atoms with Gasteiger partial charge in [0, 0.05) is 13.0 Å². The van der Waals surface area contributed by atoms with Gasteiger partial charge in [-0.05, 0) is 12.8 Å². The van der Waals surface area contributed by atoms with E-state index in [0.29, 0.717) is 0 Å². The van der Waals surface area contributed by atoms with Crippen molar-refractivity contribution in [2.24, 2.45) is 0 Å². The fraction of sp³-hybridized carbons (Fsp3) is 0.952. The number of nitrogens with one attached hydrogen (secondary N) is 1. The highest BCUT2D eigenvalue weighted by atomic mass is 16.1. The molecule has 0 saturated carbocycles. The van der Waals surface area contributed by atoms with E-state index in [2.05, 4.69) is 19.2 Å². The van der Waals surface area contributed by atoms with Crippen LogP contribution in [0.25, 0.3) is 0 Å². The highest BCUT2D eigenvalue weighted by molar-refractivity contribution is 5.75. The van der Waals surface area contributed by atoms with Gasteiger partial charge in [-0.2, -0.15) is 0 Å². The molecule has 0 radical (unpaired) electrons. The monoisotopic (exact) mass is 325 g/mol. The Kier molecular flexibility index (Phi) is 19.1. The van der Waals surface area contributed by atoms with E-state index in [-0.39, 0.29) is 5.91 Å². The van der Waals surface area contributed by atoms with E-state index in [1.807, 2.05) is 0 Å². The predicted molar refractivity (Wildman–Crippen MR) is 103 cm³/mol. The zero-order valence-electron chi connectivity index (χ0n) is 16.1. The van der Waals surface area contributed by atoms with Crippen molar-refractivity contribution in [2.75, 3.05) is 6.54 Å². The third-order valence-corrected chi connectivity index (χ3v) is 4.61. The lowest BCUT2D eigenvalue weighted by Gasteiger charge is -2.05. The maximum Gasteiger partial charge on any atom is 0.219 e. The summed E-state index contributed by atoms with van der Waals surface area (Å²) in [7, 11) is 0. The molecule has 138 valence electrons. The second-order valence-corrected chi connectivity index (χ2v) is 7.05. The standard InChI is InChI=1S/C21H43NO/c1-3-5-7-9-11-12-13-14-16-18-20-22-21(23)19-17-15-10-8-6-4-2/h3-20H2,1-2H3,(H,22,23). The molecule has 1 N–H and O–H groups in total. The van der Waals surface area contributed by atoms with Gasteiger partial charge >= 0.3 is 0 Å². The molecule has 0 rings (SSSR count). The summed E-state index contributed by atoms with van der Waals surface area (Å²) >= 11 is 0. The van der Waals surface area contributed by atoms with Crippen molar-refractivity contribution < 1.29 is 4.79 Å². The highest BCUT2D eigenvalue weighted by Gasteiger charge is 2.00. The summed E-state index contributed by atoms with van der Waals surface area (Å²) in [5, 5.41) is 3.07. The van der Waals surface area contributed by atoms with Crippen molar-refractivity contribution >= 4 is 5.91 Å². The summed E-state index contributed by atoms with van der Waals surface area (Å²) in [5.74, 6) is 0.261. The molecule has 0 heterocycles. The van der Waals surface area contributed by atoms with Crippen LogP contribution in [0.15, 0.2) is 0 Å². The molecular formula is C21H43NO. The fourth-order valence-corrected chi connectivity index (χ4v) is 2.99. The highest BCUT2D eigenvalue weighted by Crippen LogP contribution is 2.10. The Hall–Kier alpha value is -0.530. The maximum absolute atomic E-state index is 11.7. The van der Waals surface area contributed by atoms with Gasteiger partial charge in [0.05, 0.1) is 0 Å². The molecule has 0 fully saturated rings. The summed E-state index contributed by atoms with van der Waals surface area (Å²) in [5.41, 5.74) is 0. The van der Waals surface area contributed by atoms with Gasteiger partial charge in [0.25, 0.3) is 0 Å². The first kappa shape index (κ1) is 22.5. The lowest BCUT2D eigenvalue weighted by molar-refractivity contribution is -0.121. The predicted octanol–water partition coefficient (Wildman–Crippen LogP) is 6.77. The SMILES string of the molecule is CCCCCCCCCCCCNC(=O)CCCCCCCC. The fourth-order valence-electron chi connectivity index (χ4n) is 2.99. The van der Waals surface area contributed by atoms with Crippen LogP contribution in [0.2, 0.25) is 0 Å². The second kappa shape index (κ2) is 19.5. The number of hydrogen-bond donors (Lipinski definition) is 1. The first-order chi connectivity index (χ1) is 11.3. The van der Waals surface area contributed by atoms with Crippen molar-refractivity contribution in [3.05, 3.63) is 0 Å². The lowest BCUT2D eigenvalue weighted by Crippen LogP contribution is -2.23. The minimum Gasteiger partial charge on any atom is -0.356 e. The maximum atomic E-state index is 11.7. The van der Waals surface area contributed by atoms with Gasteiger partial charge in [-0.15, -0.1) is 0 Å². The van der Waals surface area contributed by atoms with Gasteiger partial charge in [0.1, 0.15) is 0 Å². The van der Waals surface area contributed by atoms with E-state index in [0.717, 1.165) is 25.8 Å². The molecule has 0 bridgehead atoms. The minimum absolute atomic E-state index is 0.261. The first-order valence-corrected chi connectivity index (χ1v) is 10.6. The van der Waals surface area contributed by atoms with Gasteiger partial charge < -0.3 is 5.32 Å². The molecule has 0 aromatic carbocycles. The molecule has 0 aliphatic heterocycles. The molecule has 2 nitrogen and oxygen atoms in total. The zero-order valence-corrected chi connectivity index (χ0v) is 16.1. The normalized spacial score (nSPS) is 10.9. The number of amides is 1. The Bertz CT molecular complexity index is 240. The second-order valence-electron chi connectivity index (χ2n) is 7.05. The molecule has 0 unspecified atom stereocenters. The Labute approximate surface area is 146 Å². The Morgan fingerprint density at radius 3 is 1.43 bits per heavy atom. The largest absolute Gasteiger partial charge is 0.356 e. The third kappa shape index (κ3) is 19.4. The van der Waals surface area contributed by atoms with Crippen LogP contribution >= 0.6 is 0 Å². The van der Waals surface area contributed by atoms with Crippen LogP contribution in [0.4, 0.5) is 0 Å². The molecule has 0 aromatic rings. The molecule has 0 aliphatic carbocycles. The summed E-state index contributed by atoms with van der Waals surface area (Å²) in [6.45, 7) is 5.39. The molecule has 23 heavy (non-hydrogen) atoms. The average molecular weight is 326 g/mol. The van der Waals surface area contributed by atoms with Gasteiger partial charge in [-0.1, -0.05) is 104 Å². The topological polar surface area (TPSA) is 29.1 Å². The number of rotatable bonds is 18. The van der Waals surface area contributed by atoms with E-state index >= 15 is 0 Å². The van der Waals surface area contributed by atoms with Crippen LogP contribution in [0.5, 0.6) is 0 Å². The molecule has 1 amide bonds. The summed E-state index contributed by atoms with van der Waals surface area (Å²) < 4.78 is 0. The van der Waals surface area contributed by atoms with Crippen LogP contribution < -0.4 is 5.32 Å². The van der Waals surface area contributed by atoms with Gasteiger partial charge in [0.15, 0.2) is 0 Å². The van der Waals surface area contributed by atoms with Gasteiger partial charge in [-0.3, -0.25) is 4.79 Å². The van der Waals surface area contributed by atoms with Crippen molar-refractivity contribution in [3.8, 4) is 0 Å². The quantitative estimate of drug-likeness (QED) is 0.277. The zero-order chi connectivity index (χ0) is 17.0. The van der Waals surface area contributed by atoms with Crippen LogP contribution in [0, 0.1) is 0 Å². The number of carbonyl (C=O) groups is 1. The van der Waals surface area contributed by atoms with E-state index in [9.17, 15) is 4.79 Å². The summed E-state index contributed by atoms with van der Waals surface area (Å²) in [6, 6.07) is 0. The van der Waals surface area contributed by atoms with Crippen molar-refractivity contribution in [1.29, 1.82) is 0 Å². The van der Waals surface area contributed by atoms with E-state index in [1.165, 1.54) is 89.9 Å². The van der Waals surface area contributed by atoms with Gasteiger partial charge in [0.2, 0.25) is 5.91 Å². The number of hydrogen-bond acceptors (Lipinski definition) is 1. The number of carbonyl (C=O) groups excluding carboxylic acids is 1. The van der Waals surface area contributed by atoms with E-state index < -0.39 is 0 Å². The minimum atomic E-state index is 0.261. The Morgan fingerprint density at radius 1 is 0.565 bits per heavy atom. The van der Waals surface area contributed by atoms with Crippen molar-refractivity contribution in [2.45, 2.75) is 123 Å². The summed E-state index contributed by atoms with van der Waals surface area (Å²) in [6.07, 6.45) is 21.8. The third-order valence-electron chi connectivity index (χ3n) is 4.61.